The molecule has 1 aliphatic heterocycles. The number of hydrogen-bond donors (Lipinski definition) is 2. The van der Waals surface area contributed by atoms with Gasteiger partial charge in [0.05, 0.1) is 16.6 Å². The quantitative estimate of drug-likeness (QED) is 0.868. The van der Waals surface area contributed by atoms with Crippen LogP contribution in [-0.2, 0) is 0 Å². The van der Waals surface area contributed by atoms with Crippen LogP contribution in [0, 0.1) is 5.82 Å². The molecule has 2 N–H and O–H groups in total. The largest absolute Gasteiger partial charge is 0.477 e. The number of carboxylic acid groups (broad SMARTS) is 1. The maximum atomic E-state index is 14.6. The highest BCUT2D eigenvalue weighted by atomic mass is 35.5. The van der Waals surface area contributed by atoms with E-state index in [2.05, 4.69) is 5.32 Å². The van der Waals surface area contributed by atoms with Gasteiger partial charge in [-0.25, -0.2) is 9.18 Å². The average Bonchev–Trinajstić information content (AvgIpc) is 3.40. The molecule has 1 aromatic heterocycles. The van der Waals surface area contributed by atoms with Gasteiger partial charge in [0.25, 0.3) is 0 Å². The van der Waals surface area contributed by atoms with Gasteiger partial charge in [-0.3, -0.25) is 4.79 Å². The molecular formula is C17H19ClFN3O3. The fourth-order valence-electron chi connectivity index (χ4n) is 3.40. The van der Waals surface area contributed by atoms with Crippen molar-refractivity contribution in [3.8, 4) is 0 Å². The number of halogens is 2. The van der Waals surface area contributed by atoms with Crippen LogP contribution >= 0.6 is 12.4 Å². The molecule has 6 nitrogen and oxygen atoms in total. The number of rotatable bonds is 3. The molecular weight excluding hydrogens is 349 g/mol. The van der Waals surface area contributed by atoms with Gasteiger partial charge < -0.3 is 19.9 Å². The standard InChI is InChI=1S/C17H18FN3O3.ClH/c18-12-3-4-13-14(15(12)20-7-5-19-6-8-20)16(22)11(17(23)24)9-21(13)10-1-2-10;/h3-4,9-10,19H,1-2,5-8H2,(H,23,24);1H. The number of carboxylic acids is 1. The van der Waals surface area contributed by atoms with Crippen molar-refractivity contribution in [1.82, 2.24) is 9.88 Å². The third kappa shape index (κ3) is 2.98. The SMILES string of the molecule is Cl.O=C(O)c1cn(C2CC2)c2ccc(F)c(N3CCNCC3)c2c1=O. The van der Waals surface area contributed by atoms with Crippen LogP contribution in [-0.4, -0.2) is 41.8 Å². The molecule has 0 unspecified atom stereocenters. The van der Waals surface area contributed by atoms with Crippen LogP contribution < -0.4 is 15.6 Å². The lowest BCUT2D eigenvalue weighted by Gasteiger charge is -2.31. The van der Waals surface area contributed by atoms with Gasteiger partial charge in [0.1, 0.15) is 11.4 Å². The van der Waals surface area contributed by atoms with Crippen molar-refractivity contribution in [3.63, 3.8) is 0 Å². The number of fused-ring (bicyclic) bond motifs is 1. The Kier molecular flexibility index (Phi) is 4.71. The van der Waals surface area contributed by atoms with E-state index in [1.165, 1.54) is 12.3 Å². The van der Waals surface area contributed by atoms with Crippen LogP contribution in [0.4, 0.5) is 10.1 Å². The average molecular weight is 368 g/mol. The van der Waals surface area contributed by atoms with Crippen molar-refractivity contribution in [1.29, 1.82) is 0 Å². The first-order chi connectivity index (χ1) is 11.6. The summed E-state index contributed by atoms with van der Waals surface area (Å²) in [4.78, 5) is 26.1. The molecule has 0 amide bonds. The number of hydrogen-bond acceptors (Lipinski definition) is 4. The second-order valence-corrected chi connectivity index (χ2v) is 6.34. The summed E-state index contributed by atoms with van der Waals surface area (Å²) in [5.41, 5.74) is -0.0576. The molecule has 8 heteroatoms. The van der Waals surface area contributed by atoms with Crippen LogP contribution in [0.15, 0.2) is 23.1 Å². The summed E-state index contributed by atoms with van der Waals surface area (Å²) in [6, 6.07) is 3.15. The smallest absolute Gasteiger partial charge is 0.341 e. The minimum atomic E-state index is -1.27. The summed E-state index contributed by atoms with van der Waals surface area (Å²) in [5.74, 6) is -1.75. The zero-order valence-corrected chi connectivity index (χ0v) is 14.3. The molecule has 0 atom stereocenters. The molecule has 1 aliphatic carbocycles. The highest BCUT2D eigenvalue weighted by Gasteiger charge is 2.29. The van der Waals surface area contributed by atoms with E-state index < -0.39 is 17.2 Å². The third-order valence-corrected chi connectivity index (χ3v) is 4.73. The topological polar surface area (TPSA) is 74.6 Å². The Morgan fingerprint density at radius 3 is 2.52 bits per heavy atom. The molecule has 134 valence electrons. The number of anilines is 1. The van der Waals surface area contributed by atoms with Gasteiger partial charge in [0, 0.05) is 38.4 Å². The number of pyridine rings is 1. The van der Waals surface area contributed by atoms with Gasteiger partial charge in [-0.15, -0.1) is 12.4 Å². The van der Waals surface area contributed by atoms with Crippen molar-refractivity contribution in [2.45, 2.75) is 18.9 Å². The fraction of sp³-hybridized carbons (Fsp3) is 0.412. The van der Waals surface area contributed by atoms with E-state index >= 15 is 0 Å². The Morgan fingerprint density at radius 2 is 1.92 bits per heavy atom. The number of nitrogens with one attached hydrogen (secondary N) is 1. The van der Waals surface area contributed by atoms with Gasteiger partial charge >= 0.3 is 5.97 Å². The molecule has 0 spiro atoms. The van der Waals surface area contributed by atoms with Crippen LogP contribution in [0.1, 0.15) is 29.2 Å². The summed E-state index contributed by atoms with van der Waals surface area (Å²) in [5, 5.41) is 12.8. The lowest BCUT2D eigenvalue weighted by Crippen LogP contribution is -2.44. The Morgan fingerprint density at radius 1 is 1.24 bits per heavy atom. The van der Waals surface area contributed by atoms with Crippen molar-refractivity contribution in [3.05, 3.63) is 39.9 Å². The maximum Gasteiger partial charge on any atom is 0.341 e. The minimum absolute atomic E-state index is 0. The summed E-state index contributed by atoms with van der Waals surface area (Å²) in [7, 11) is 0. The van der Waals surface area contributed by atoms with Gasteiger partial charge in [-0.1, -0.05) is 0 Å². The maximum absolute atomic E-state index is 14.6. The molecule has 2 aromatic rings. The Balaban J connectivity index is 0.00000182. The number of aromatic carboxylic acids is 1. The van der Waals surface area contributed by atoms with E-state index in [4.69, 9.17) is 0 Å². The number of aromatic nitrogens is 1. The molecule has 1 saturated carbocycles. The molecule has 0 bridgehead atoms. The first-order valence-electron chi connectivity index (χ1n) is 8.14. The van der Waals surface area contributed by atoms with E-state index in [0.29, 0.717) is 31.7 Å². The predicted octanol–water partition coefficient (Wildman–Crippen LogP) is 2.01. The Hall–Kier alpha value is -2.12. The second-order valence-electron chi connectivity index (χ2n) is 6.34. The van der Waals surface area contributed by atoms with E-state index in [1.807, 2.05) is 9.47 Å². The lowest BCUT2D eigenvalue weighted by atomic mass is 10.1. The summed E-state index contributed by atoms with van der Waals surface area (Å²) >= 11 is 0. The number of carbonyl (C=O) groups is 1. The second kappa shape index (κ2) is 6.65. The number of nitrogens with zero attached hydrogens (tertiary/aromatic N) is 2. The fourth-order valence-corrected chi connectivity index (χ4v) is 3.40. The summed E-state index contributed by atoms with van der Waals surface area (Å²) in [6.07, 6.45) is 3.29. The predicted molar refractivity (Wildman–Crippen MR) is 95.7 cm³/mol. The molecule has 1 saturated heterocycles. The Bertz CT molecular complexity index is 889. The first-order valence-corrected chi connectivity index (χ1v) is 8.14. The van der Waals surface area contributed by atoms with Crippen LogP contribution in [0.2, 0.25) is 0 Å². The molecule has 0 radical (unpaired) electrons. The van der Waals surface area contributed by atoms with Crippen LogP contribution in [0.25, 0.3) is 10.9 Å². The number of piperazine rings is 1. The molecule has 4 rings (SSSR count). The van der Waals surface area contributed by atoms with Crippen molar-refractivity contribution < 1.29 is 14.3 Å². The first kappa shape index (κ1) is 17.7. The van der Waals surface area contributed by atoms with Gasteiger partial charge in [-0.2, -0.15) is 0 Å². The number of benzene rings is 1. The highest BCUT2D eigenvalue weighted by molar-refractivity contribution is 5.98. The summed E-state index contributed by atoms with van der Waals surface area (Å²) < 4.78 is 16.4. The van der Waals surface area contributed by atoms with Crippen LogP contribution in [0.5, 0.6) is 0 Å². The monoisotopic (exact) mass is 367 g/mol. The third-order valence-electron chi connectivity index (χ3n) is 4.73. The molecule has 1 aromatic carbocycles. The molecule has 2 heterocycles. The van der Waals surface area contributed by atoms with Gasteiger partial charge in [0.15, 0.2) is 0 Å². The normalized spacial score (nSPS) is 17.4. The summed E-state index contributed by atoms with van der Waals surface area (Å²) in [6.45, 7) is 2.56. The molecule has 2 aliphatic rings. The highest BCUT2D eigenvalue weighted by Crippen LogP contribution is 2.38. The van der Waals surface area contributed by atoms with Crippen molar-refractivity contribution in [2.75, 3.05) is 31.1 Å². The molecule has 25 heavy (non-hydrogen) atoms. The van der Waals surface area contributed by atoms with E-state index in [1.54, 1.807) is 6.07 Å². The van der Waals surface area contributed by atoms with E-state index in [9.17, 15) is 19.1 Å². The lowest BCUT2D eigenvalue weighted by molar-refractivity contribution is 0.0695. The van der Waals surface area contributed by atoms with Gasteiger partial charge in [-0.05, 0) is 25.0 Å². The van der Waals surface area contributed by atoms with Crippen molar-refractivity contribution in [2.24, 2.45) is 0 Å². The Labute approximate surface area is 149 Å². The zero-order chi connectivity index (χ0) is 16.8. The van der Waals surface area contributed by atoms with Gasteiger partial charge in [0.2, 0.25) is 5.43 Å². The van der Waals surface area contributed by atoms with Crippen molar-refractivity contribution >= 4 is 35.0 Å². The van der Waals surface area contributed by atoms with E-state index in [-0.39, 0.29) is 35.1 Å². The molecule has 2 fully saturated rings. The zero-order valence-electron chi connectivity index (χ0n) is 13.5. The van der Waals surface area contributed by atoms with E-state index in [0.717, 1.165) is 12.8 Å². The van der Waals surface area contributed by atoms with Crippen LogP contribution in [0.3, 0.4) is 0 Å². The minimum Gasteiger partial charge on any atom is -0.477 e.